The van der Waals surface area contributed by atoms with Gasteiger partial charge in [0.25, 0.3) is 0 Å². The summed E-state index contributed by atoms with van der Waals surface area (Å²) in [5.41, 5.74) is 5.77. The van der Waals surface area contributed by atoms with E-state index >= 15 is 0 Å². The molecule has 2 N–H and O–H groups in total. The first-order valence-electron chi connectivity index (χ1n) is 5.95. The molecule has 0 aromatic rings. The molecule has 0 radical (unpaired) electrons. The van der Waals surface area contributed by atoms with Crippen LogP contribution in [0.25, 0.3) is 0 Å². The van der Waals surface area contributed by atoms with Crippen molar-refractivity contribution in [3.63, 3.8) is 0 Å². The highest BCUT2D eigenvalue weighted by molar-refractivity contribution is 5.73. The molecule has 15 heavy (non-hydrogen) atoms. The zero-order valence-electron chi connectivity index (χ0n) is 10.0. The van der Waals surface area contributed by atoms with Crippen molar-refractivity contribution in [2.45, 2.75) is 58.6 Å². The Bertz CT molecular complexity index is 216. The predicted molar refractivity (Wildman–Crippen MR) is 60.3 cm³/mol. The van der Waals surface area contributed by atoms with Crippen molar-refractivity contribution in [3.05, 3.63) is 0 Å². The summed E-state index contributed by atoms with van der Waals surface area (Å²) in [6, 6.07) is 0.197. The van der Waals surface area contributed by atoms with Crippen LogP contribution < -0.4 is 5.73 Å². The van der Waals surface area contributed by atoms with Crippen molar-refractivity contribution in [1.82, 2.24) is 0 Å². The van der Waals surface area contributed by atoms with Gasteiger partial charge >= 0.3 is 5.97 Å². The van der Waals surface area contributed by atoms with E-state index < -0.39 is 0 Å². The molecule has 1 aliphatic carbocycles. The lowest BCUT2D eigenvalue weighted by molar-refractivity contribution is -0.153. The quantitative estimate of drug-likeness (QED) is 0.727. The van der Waals surface area contributed by atoms with Crippen LogP contribution in [-0.4, -0.2) is 18.1 Å². The van der Waals surface area contributed by atoms with Crippen molar-refractivity contribution in [3.8, 4) is 0 Å². The molecule has 3 heteroatoms. The Morgan fingerprint density at radius 1 is 1.40 bits per heavy atom. The highest BCUT2D eigenvalue weighted by atomic mass is 16.5. The predicted octanol–water partition coefficient (Wildman–Crippen LogP) is 2.09. The third-order valence-electron chi connectivity index (χ3n) is 2.93. The Balaban J connectivity index is 2.29. The highest BCUT2D eigenvalue weighted by Gasteiger charge is 2.29. The second kappa shape index (κ2) is 5.50. The second-order valence-electron chi connectivity index (χ2n) is 5.15. The summed E-state index contributed by atoms with van der Waals surface area (Å²) in [7, 11) is 0. The van der Waals surface area contributed by atoms with E-state index in [4.69, 9.17) is 10.5 Å². The monoisotopic (exact) mass is 213 g/mol. The van der Waals surface area contributed by atoms with Gasteiger partial charge in [-0.05, 0) is 38.5 Å². The maximum atomic E-state index is 11.7. The van der Waals surface area contributed by atoms with Crippen LogP contribution in [-0.2, 0) is 9.53 Å². The summed E-state index contributed by atoms with van der Waals surface area (Å²) in [6.07, 6.45) is 3.62. The van der Waals surface area contributed by atoms with Crippen LogP contribution in [0.15, 0.2) is 0 Å². The Hall–Kier alpha value is -0.570. The molecule has 1 rings (SSSR count). The topological polar surface area (TPSA) is 52.3 Å². The number of hydrogen-bond donors (Lipinski definition) is 1. The van der Waals surface area contributed by atoms with Gasteiger partial charge in [0, 0.05) is 6.04 Å². The third-order valence-corrected chi connectivity index (χ3v) is 2.93. The standard InChI is InChI=1S/C12H23NO2/c1-8(2)6-9(3)15-12(14)10-4-5-11(13)7-10/h8-11H,4-7,13H2,1-3H3/t9?,10-,11+/m1/s1. The third kappa shape index (κ3) is 4.20. The summed E-state index contributed by atoms with van der Waals surface area (Å²) in [4.78, 5) is 11.7. The first-order valence-corrected chi connectivity index (χ1v) is 5.95. The molecular weight excluding hydrogens is 190 g/mol. The van der Waals surface area contributed by atoms with Crippen LogP contribution in [0.4, 0.5) is 0 Å². The molecule has 0 spiro atoms. The van der Waals surface area contributed by atoms with Crippen LogP contribution in [0.3, 0.4) is 0 Å². The van der Waals surface area contributed by atoms with Crippen molar-refractivity contribution in [2.75, 3.05) is 0 Å². The molecule has 88 valence electrons. The molecule has 0 amide bonds. The minimum atomic E-state index is -0.0453. The fourth-order valence-corrected chi connectivity index (χ4v) is 2.24. The first-order chi connectivity index (χ1) is 6.99. The summed E-state index contributed by atoms with van der Waals surface area (Å²) < 4.78 is 5.40. The zero-order chi connectivity index (χ0) is 11.4. The molecule has 0 aliphatic heterocycles. The fraction of sp³-hybridized carbons (Fsp3) is 0.917. The van der Waals surface area contributed by atoms with Gasteiger partial charge in [-0.3, -0.25) is 4.79 Å². The zero-order valence-corrected chi connectivity index (χ0v) is 10.0. The maximum absolute atomic E-state index is 11.7. The van der Waals surface area contributed by atoms with Crippen LogP contribution in [0.2, 0.25) is 0 Å². The van der Waals surface area contributed by atoms with Crippen LogP contribution in [0, 0.1) is 11.8 Å². The molecule has 3 atom stereocenters. The Morgan fingerprint density at radius 2 is 2.07 bits per heavy atom. The van der Waals surface area contributed by atoms with Crippen LogP contribution in [0.1, 0.15) is 46.5 Å². The lowest BCUT2D eigenvalue weighted by Gasteiger charge is -2.17. The van der Waals surface area contributed by atoms with E-state index in [9.17, 15) is 4.79 Å². The van der Waals surface area contributed by atoms with E-state index in [2.05, 4.69) is 13.8 Å². The lowest BCUT2D eigenvalue weighted by Crippen LogP contribution is -2.23. The molecule has 1 fully saturated rings. The molecule has 3 nitrogen and oxygen atoms in total. The molecule has 1 saturated carbocycles. The smallest absolute Gasteiger partial charge is 0.309 e. The summed E-state index contributed by atoms with van der Waals surface area (Å²) >= 11 is 0. The minimum absolute atomic E-state index is 0.0364. The Kier molecular flexibility index (Phi) is 4.58. The van der Waals surface area contributed by atoms with Gasteiger partial charge in [-0.2, -0.15) is 0 Å². The summed E-state index contributed by atoms with van der Waals surface area (Å²) in [5, 5.41) is 0. The van der Waals surface area contributed by atoms with Crippen LogP contribution in [0.5, 0.6) is 0 Å². The van der Waals surface area contributed by atoms with E-state index in [-0.39, 0.29) is 24.0 Å². The van der Waals surface area contributed by atoms with E-state index in [1.54, 1.807) is 0 Å². The highest BCUT2D eigenvalue weighted by Crippen LogP contribution is 2.26. The second-order valence-corrected chi connectivity index (χ2v) is 5.15. The average molecular weight is 213 g/mol. The van der Waals surface area contributed by atoms with Crippen molar-refractivity contribution in [1.29, 1.82) is 0 Å². The molecule has 0 bridgehead atoms. The first kappa shape index (κ1) is 12.5. The van der Waals surface area contributed by atoms with Gasteiger partial charge in [-0.15, -0.1) is 0 Å². The van der Waals surface area contributed by atoms with Gasteiger partial charge in [-0.25, -0.2) is 0 Å². The lowest BCUT2D eigenvalue weighted by atomic mass is 10.1. The SMILES string of the molecule is CC(C)CC(C)OC(=O)[C@@H]1CC[C@H](N)C1. The molecular formula is C12H23NO2. The number of carbonyl (C=O) groups is 1. The molecule has 0 saturated heterocycles. The van der Waals surface area contributed by atoms with Crippen molar-refractivity contribution >= 4 is 5.97 Å². The minimum Gasteiger partial charge on any atom is -0.462 e. The largest absolute Gasteiger partial charge is 0.462 e. The van der Waals surface area contributed by atoms with Gasteiger partial charge in [0.2, 0.25) is 0 Å². The number of ether oxygens (including phenoxy) is 1. The van der Waals surface area contributed by atoms with Crippen LogP contribution >= 0.6 is 0 Å². The van der Waals surface area contributed by atoms with Gasteiger partial charge in [0.05, 0.1) is 12.0 Å². The molecule has 1 unspecified atom stereocenters. The van der Waals surface area contributed by atoms with Gasteiger partial charge < -0.3 is 10.5 Å². The summed E-state index contributed by atoms with van der Waals surface area (Å²) in [6.45, 7) is 6.23. The number of rotatable bonds is 4. The molecule has 1 aliphatic rings. The Morgan fingerprint density at radius 3 is 2.53 bits per heavy atom. The molecule has 0 heterocycles. The number of carbonyl (C=O) groups excluding carboxylic acids is 1. The molecule has 0 aromatic carbocycles. The van der Waals surface area contributed by atoms with Crippen molar-refractivity contribution in [2.24, 2.45) is 17.6 Å². The van der Waals surface area contributed by atoms with E-state index in [1.165, 1.54) is 0 Å². The van der Waals surface area contributed by atoms with E-state index in [0.717, 1.165) is 25.7 Å². The number of hydrogen-bond acceptors (Lipinski definition) is 3. The Labute approximate surface area is 92.4 Å². The number of nitrogens with two attached hydrogens (primary N) is 1. The molecule has 0 aromatic heterocycles. The van der Waals surface area contributed by atoms with Gasteiger partial charge in [0.15, 0.2) is 0 Å². The van der Waals surface area contributed by atoms with Gasteiger partial charge in [-0.1, -0.05) is 13.8 Å². The van der Waals surface area contributed by atoms with Gasteiger partial charge in [0.1, 0.15) is 0 Å². The summed E-state index contributed by atoms with van der Waals surface area (Å²) in [5.74, 6) is 0.573. The van der Waals surface area contributed by atoms with E-state index in [0.29, 0.717) is 5.92 Å². The van der Waals surface area contributed by atoms with Crippen molar-refractivity contribution < 1.29 is 9.53 Å². The number of esters is 1. The maximum Gasteiger partial charge on any atom is 0.309 e. The fourth-order valence-electron chi connectivity index (χ4n) is 2.24. The average Bonchev–Trinajstić information content (AvgIpc) is 2.49. The normalized spacial score (nSPS) is 28.1. The van der Waals surface area contributed by atoms with E-state index in [1.807, 2.05) is 6.92 Å².